The van der Waals surface area contributed by atoms with E-state index in [-0.39, 0.29) is 11.8 Å². The molecule has 3 N–H and O–H groups in total. The number of rotatable bonds is 6. The van der Waals surface area contributed by atoms with Crippen molar-refractivity contribution in [3.8, 4) is 0 Å². The van der Waals surface area contributed by atoms with E-state index in [1.54, 1.807) is 6.20 Å². The van der Waals surface area contributed by atoms with Crippen LogP contribution in [0, 0.1) is 18.8 Å². The second-order valence-electron chi connectivity index (χ2n) is 5.20. The van der Waals surface area contributed by atoms with E-state index < -0.39 is 0 Å². The third kappa shape index (κ3) is 5.27. The lowest BCUT2D eigenvalue weighted by atomic mass is 9.94. The van der Waals surface area contributed by atoms with Gasteiger partial charge in [-0.1, -0.05) is 13.8 Å². The zero-order valence-corrected chi connectivity index (χ0v) is 11.4. The van der Waals surface area contributed by atoms with Crippen LogP contribution in [0.15, 0.2) is 18.3 Å². The van der Waals surface area contributed by atoms with Gasteiger partial charge >= 0.3 is 0 Å². The van der Waals surface area contributed by atoms with Crippen LogP contribution in [0.4, 0.5) is 5.82 Å². The molecule has 4 nitrogen and oxygen atoms in total. The van der Waals surface area contributed by atoms with Gasteiger partial charge in [0.05, 0.1) is 0 Å². The summed E-state index contributed by atoms with van der Waals surface area (Å²) in [7, 11) is 0. The Bertz CT molecular complexity index is 390. The van der Waals surface area contributed by atoms with Crippen LogP contribution in [0.3, 0.4) is 0 Å². The molecular formula is C14H23N3O. The van der Waals surface area contributed by atoms with E-state index in [1.165, 1.54) is 0 Å². The quantitative estimate of drug-likeness (QED) is 0.813. The van der Waals surface area contributed by atoms with Gasteiger partial charge in [-0.2, -0.15) is 0 Å². The molecule has 100 valence electrons. The maximum Gasteiger partial charge on any atom is 0.225 e. The second kappa shape index (κ2) is 7.11. The Morgan fingerprint density at radius 2 is 2.22 bits per heavy atom. The summed E-state index contributed by atoms with van der Waals surface area (Å²) >= 11 is 0. The molecule has 1 rings (SSSR count). The lowest BCUT2D eigenvalue weighted by Gasteiger charge is -2.16. The van der Waals surface area contributed by atoms with Gasteiger partial charge in [-0.3, -0.25) is 4.79 Å². The molecule has 4 heteroatoms. The molecule has 0 aliphatic heterocycles. The summed E-state index contributed by atoms with van der Waals surface area (Å²) in [4.78, 5) is 16.0. The standard InChI is InChI=1S/C14H23N3O/c1-10(2)6-12(9-15)8-14(18)17-13-7-11(3)4-5-16-13/h4-5,7,10,12H,6,8-9,15H2,1-3H3,(H,16,17,18)/t12-/m0/s1. The zero-order chi connectivity index (χ0) is 13.5. The van der Waals surface area contributed by atoms with E-state index in [2.05, 4.69) is 24.1 Å². The van der Waals surface area contributed by atoms with Gasteiger partial charge in [0.1, 0.15) is 5.82 Å². The average Bonchev–Trinajstić information content (AvgIpc) is 2.27. The molecule has 0 saturated carbocycles. The summed E-state index contributed by atoms with van der Waals surface area (Å²) in [5.41, 5.74) is 6.77. The van der Waals surface area contributed by atoms with E-state index in [1.807, 2.05) is 19.1 Å². The first-order valence-electron chi connectivity index (χ1n) is 6.43. The van der Waals surface area contributed by atoms with E-state index in [0.29, 0.717) is 24.7 Å². The maximum atomic E-state index is 11.9. The number of hydrogen-bond acceptors (Lipinski definition) is 3. The summed E-state index contributed by atoms with van der Waals surface area (Å²) in [5, 5.41) is 2.82. The molecule has 1 amide bonds. The highest BCUT2D eigenvalue weighted by Crippen LogP contribution is 2.15. The third-order valence-electron chi connectivity index (χ3n) is 2.80. The molecule has 0 spiro atoms. The Morgan fingerprint density at radius 1 is 1.50 bits per heavy atom. The smallest absolute Gasteiger partial charge is 0.225 e. The molecule has 1 aromatic rings. The van der Waals surface area contributed by atoms with Crippen molar-refractivity contribution in [3.05, 3.63) is 23.9 Å². The Labute approximate surface area is 109 Å². The normalized spacial score (nSPS) is 12.5. The van der Waals surface area contributed by atoms with Crippen LogP contribution in [0.25, 0.3) is 0 Å². The number of hydrogen-bond donors (Lipinski definition) is 2. The molecule has 1 aromatic heterocycles. The van der Waals surface area contributed by atoms with Crippen molar-refractivity contribution in [1.82, 2.24) is 4.98 Å². The van der Waals surface area contributed by atoms with Crippen molar-refractivity contribution in [2.75, 3.05) is 11.9 Å². The number of pyridine rings is 1. The topological polar surface area (TPSA) is 68.0 Å². The van der Waals surface area contributed by atoms with Crippen molar-refractivity contribution >= 4 is 11.7 Å². The van der Waals surface area contributed by atoms with Gasteiger partial charge in [-0.05, 0) is 49.4 Å². The Morgan fingerprint density at radius 3 is 2.78 bits per heavy atom. The monoisotopic (exact) mass is 249 g/mol. The molecule has 0 saturated heterocycles. The summed E-state index contributed by atoms with van der Waals surface area (Å²) in [6.45, 7) is 6.80. The highest BCUT2D eigenvalue weighted by Gasteiger charge is 2.14. The predicted octanol–water partition coefficient (Wildman–Crippen LogP) is 2.34. The van der Waals surface area contributed by atoms with Crippen molar-refractivity contribution in [2.45, 2.75) is 33.6 Å². The number of nitrogens with one attached hydrogen (secondary N) is 1. The average molecular weight is 249 g/mol. The fourth-order valence-electron chi connectivity index (χ4n) is 1.99. The van der Waals surface area contributed by atoms with Gasteiger partial charge in [0.15, 0.2) is 0 Å². The molecule has 1 atom stereocenters. The minimum Gasteiger partial charge on any atom is -0.330 e. The lowest BCUT2D eigenvalue weighted by Crippen LogP contribution is -2.23. The van der Waals surface area contributed by atoms with Gasteiger partial charge < -0.3 is 11.1 Å². The summed E-state index contributed by atoms with van der Waals surface area (Å²) < 4.78 is 0. The van der Waals surface area contributed by atoms with Crippen molar-refractivity contribution < 1.29 is 4.79 Å². The van der Waals surface area contributed by atoms with E-state index in [0.717, 1.165) is 12.0 Å². The second-order valence-corrected chi connectivity index (χ2v) is 5.20. The first kappa shape index (κ1) is 14.6. The van der Waals surface area contributed by atoms with Crippen LogP contribution in [-0.2, 0) is 4.79 Å². The van der Waals surface area contributed by atoms with Gasteiger partial charge in [0.25, 0.3) is 0 Å². The van der Waals surface area contributed by atoms with Crippen LogP contribution in [0.2, 0.25) is 0 Å². The molecule has 0 unspecified atom stereocenters. The largest absolute Gasteiger partial charge is 0.330 e. The van der Waals surface area contributed by atoms with E-state index >= 15 is 0 Å². The highest BCUT2D eigenvalue weighted by molar-refractivity contribution is 5.89. The molecule has 0 aromatic carbocycles. The predicted molar refractivity (Wildman–Crippen MR) is 74.2 cm³/mol. The molecule has 18 heavy (non-hydrogen) atoms. The maximum absolute atomic E-state index is 11.9. The number of carbonyl (C=O) groups excluding carboxylic acids is 1. The fraction of sp³-hybridized carbons (Fsp3) is 0.571. The van der Waals surface area contributed by atoms with E-state index in [9.17, 15) is 4.79 Å². The van der Waals surface area contributed by atoms with Gasteiger partial charge in [-0.25, -0.2) is 4.98 Å². The number of amides is 1. The number of carbonyl (C=O) groups is 1. The number of aromatic nitrogens is 1. The fourth-order valence-corrected chi connectivity index (χ4v) is 1.99. The first-order valence-corrected chi connectivity index (χ1v) is 6.43. The number of nitrogens with zero attached hydrogens (tertiary/aromatic N) is 1. The van der Waals surface area contributed by atoms with Crippen LogP contribution in [0.5, 0.6) is 0 Å². The molecule has 1 heterocycles. The van der Waals surface area contributed by atoms with Crippen LogP contribution in [-0.4, -0.2) is 17.4 Å². The number of anilines is 1. The Kier molecular flexibility index (Phi) is 5.78. The third-order valence-corrected chi connectivity index (χ3v) is 2.80. The molecule has 0 fully saturated rings. The summed E-state index contributed by atoms with van der Waals surface area (Å²) in [5.74, 6) is 1.41. The zero-order valence-electron chi connectivity index (χ0n) is 11.4. The van der Waals surface area contributed by atoms with Gasteiger partial charge in [0.2, 0.25) is 5.91 Å². The van der Waals surface area contributed by atoms with Gasteiger partial charge in [0, 0.05) is 12.6 Å². The van der Waals surface area contributed by atoms with E-state index in [4.69, 9.17) is 5.73 Å². The van der Waals surface area contributed by atoms with Crippen molar-refractivity contribution in [2.24, 2.45) is 17.6 Å². The molecular weight excluding hydrogens is 226 g/mol. The van der Waals surface area contributed by atoms with Crippen molar-refractivity contribution in [1.29, 1.82) is 0 Å². The Hall–Kier alpha value is -1.42. The van der Waals surface area contributed by atoms with Crippen molar-refractivity contribution in [3.63, 3.8) is 0 Å². The minimum atomic E-state index is -0.01000. The molecule has 0 aliphatic carbocycles. The molecule has 0 bridgehead atoms. The summed E-state index contributed by atoms with van der Waals surface area (Å²) in [6.07, 6.45) is 3.13. The lowest BCUT2D eigenvalue weighted by molar-refractivity contribution is -0.117. The number of nitrogens with two attached hydrogens (primary N) is 1. The SMILES string of the molecule is Cc1ccnc(NC(=O)C[C@@H](CN)CC(C)C)c1. The minimum absolute atomic E-state index is 0.01000. The highest BCUT2D eigenvalue weighted by atomic mass is 16.1. The molecule has 0 radical (unpaired) electrons. The van der Waals surface area contributed by atoms with Gasteiger partial charge in [-0.15, -0.1) is 0 Å². The number of aryl methyl sites for hydroxylation is 1. The van der Waals surface area contributed by atoms with Crippen LogP contribution >= 0.6 is 0 Å². The van der Waals surface area contributed by atoms with Crippen LogP contribution < -0.4 is 11.1 Å². The molecule has 0 aliphatic rings. The summed E-state index contributed by atoms with van der Waals surface area (Å²) in [6, 6.07) is 3.76. The first-order chi connectivity index (χ1) is 8.51. The van der Waals surface area contributed by atoms with Crippen LogP contribution in [0.1, 0.15) is 32.3 Å². The Balaban J connectivity index is 2.50.